The molecule has 0 saturated heterocycles. The number of carbonyl (C=O) groups is 2. The lowest BCUT2D eigenvalue weighted by Crippen LogP contribution is -2.10. The van der Waals surface area contributed by atoms with Crippen molar-refractivity contribution >= 4 is 33.5 Å². The van der Waals surface area contributed by atoms with Crippen LogP contribution in [0.5, 0.6) is 0 Å². The number of methoxy groups -OCH3 is 1. The maximum atomic E-state index is 11.8. The molecule has 3 aromatic carbocycles. The summed E-state index contributed by atoms with van der Waals surface area (Å²) in [4.78, 5) is 23.5. The van der Waals surface area contributed by atoms with Gasteiger partial charge >= 0.3 is 11.9 Å². The molecule has 3 rings (SSSR count). The number of fused-ring (bicyclic) bond motifs is 3. The van der Waals surface area contributed by atoms with Crippen molar-refractivity contribution in [2.45, 2.75) is 0 Å². The number of carbonyl (C=O) groups excluding carboxylic acids is 1. The molecule has 104 valence electrons. The van der Waals surface area contributed by atoms with E-state index in [2.05, 4.69) is 4.74 Å². The van der Waals surface area contributed by atoms with Crippen molar-refractivity contribution in [2.24, 2.45) is 0 Å². The highest BCUT2D eigenvalue weighted by Crippen LogP contribution is 2.30. The van der Waals surface area contributed by atoms with E-state index in [1.54, 1.807) is 6.07 Å². The zero-order valence-corrected chi connectivity index (χ0v) is 11.3. The number of carboxylic acids is 1. The second kappa shape index (κ2) is 4.90. The molecule has 4 nitrogen and oxygen atoms in total. The van der Waals surface area contributed by atoms with Crippen LogP contribution in [0, 0.1) is 0 Å². The van der Waals surface area contributed by atoms with E-state index in [-0.39, 0.29) is 11.1 Å². The van der Waals surface area contributed by atoms with Gasteiger partial charge in [-0.15, -0.1) is 0 Å². The van der Waals surface area contributed by atoms with E-state index in [0.29, 0.717) is 5.39 Å². The molecule has 0 heterocycles. The Morgan fingerprint density at radius 3 is 2.33 bits per heavy atom. The summed E-state index contributed by atoms with van der Waals surface area (Å²) in [5, 5.41) is 12.6. The van der Waals surface area contributed by atoms with Crippen LogP contribution in [0.3, 0.4) is 0 Å². The first-order chi connectivity index (χ1) is 10.1. The van der Waals surface area contributed by atoms with Gasteiger partial charge in [-0.1, -0.05) is 42.5 Å². The van der Waals surface area contributed by atoms with Gasteiger partial charge in [0.25, 0.3) is 0 Å². The summed E-state index contributed by atoms with van der Waals surface area (Å²) in [7, 11) is 1.24. The van der Waals surface area contributed by atoms with Gasteiger partial charge in [0.1, 0.15) is 0 Å². The molecule has 0 spiro atoms. The number of carboxylic acid groups (broad SMARTS) is 1. The first-order valence-electron chi connectivity index (χ1n) is 6.39. The Bertz CT molecular complexity index is 880. The summed E-state index contributed by atoms with van der Waals surface area (Å²) in [5.74, 6) is -1.79. The lowest BCUT2D eigenvalue weighted by molar-refractivity contribution is 0.0583. The summed E-state index contributed by atoms with van der Waals surface area (Å²) in [6.45, 7) is 0. The van der Waals surface area contributed by atoms with E-state index in [4.69, 9.17) is 0 Å². The molecule has 0 atom stereocenters. The number of hydrogen-bond donors (Lipinski definition) is 1. The molecule has 4 heteroatoms. The second-order valence-electron chi connectivity index (χ2n) is 4.67. The van der Waals surface area contributed by atoms with Crippen molar-refractivity contribution in [1.29, 1.82) is 0 Å². The number of esters is 1. The maximum Gasteiger partial charge on any atom is 0.338 e. The van der Waals surface area contributed by atoms with Gasteiger partial charge in [-0.05, 0) is 22.2 Å². The number of benzene rings is 3. The molecule has 3 aromatic rings. The third kappa shape index (κ3) is 2.01. The average molecular weight is 280 g/mol. The molecular formula is C17H12O4. The summed E-state index contributed by atoms with van der Waals surface area (Å²) in [6, 6.07) is 14.5. The lowest BCUT2D eigenvalue weighted by Gasteiger charge is -2.11. The van der Waals surface area contributed by atoms with E-state index in [0.717, 1.165) is 16.2 Å². The molecule has 1 N–H and O–H groups in total. The molecule has 0 aromatic heterocycles. The standard InChI is InChI=1S/C17H12O4/c1-21-17(20)13-9-8-11-7-6-10-4-2-3-5-12(10)14(11)15(13)16(18)19/h2-9H,1H3,(H,18,19). The zero-order chi connectivity index (χ0) is 15.0. The minimum Gasteiger partial charge on any atom is -0.478 e. The molecule has 21 heavy (non-hydrogen) atoms. The minimum absolute atomic E-state index is 0.0175. The molecule has 0 fully saturated rings. The van der Waals surface area contributed by atoms with Gasteiger partial charge in [0.2, 0.25) is 0 Å². The first-order valence-corrected chi connectivity index (χ1v) is 6.39. The van der Waals surface area contributed by atoms with Crippen molar-refractivity contribution in [3.05, 3.63) is 59.7 Å². The highest BCUT2D eigenvalue weighted by molar-refractivity contribution is 6.20. The van der Waals surface area contributed by atoms with Gasteiger partial charge in [-0.3, -0.25) is 0 Å². The van der Waals surface area contributed by atoms with Crippen LogP contribution in [0.15, 0.2) is 48.5 Å². The van der Waals surface area contributed by atoms with Crippen molar-refractivity contribution < 1.29 is 19.4 Å². The van der Waals surface area contributed by atoms with Crippen LogP contribution in [-0.2, 0) is 4.74 Å². The monoisotopic (exact) mass is 280 g/mol. The Kier molecular flexibility index (Phi) is 3.06. The second-order valence-corrected chi connectivity index (χ2v) is 4.67. The highest BCUT2D eigenvalue weighted by atomic mass is 16.5. The average Bonchev–Trinajstić information content (AvgIpc) is 2.52. The molecule has 0 aliphatic carbocycles. The quantitative estimate of drug-likeness (QED) is 0.576. The van der Waals surface area contributed by atoms with Gasteiger partial charge in [-0.2, -0.15) is 0 Å². The molecule has 0 unspecified atom stereocenters. The fourth-order valence-electron chi connectivity index (χ4n) is 2.60. The normalized spacial score (nSPS) is 10.7. The SMILES string of the molecule is COC(=O)c1ccc2ccc3ccccc3c2c1C(=O)O. The zero-order valence-electron chi connectivity index (χ0n) is 11.3. The maximum absolute atomic E-state index is 11.8. The third-order valence-electron chi connectivity index (χ3n) is 3.53. The predicted molar refractivity (Wildman–Crippen MR) is 79.8 cm³/mol. The van der Waals surface area contributed by atoms with Crippen molar-refractivity contribution in [3.8, 4) is 0 Å². The van der Waals surface area contributed by atoms with Gasteiger partial charge < -0.3 is 9.84 Å². The summed E-state index contributed by atoms with van der Waals surface area (Å²) in [5.41, 5.74) is 0.0463. The van der Waals surface area contributed by atoms with E-state index < -0.39 is 11.9 Å². The largest absolute Gasteiger partial charge is 0.478 e. The molecular weight excluding hydrogens is 268 g/mol. The smallest absolute Gasteiger partial charge is 0.338 e. The predicted octanol–water partition coefficient (Wildman–Crippen LogP) is 3.48. The van der Waals surface area contributed by atoms with Crippen LogP contribution in [-0.4, -0.2) is 24.2 Å². The van der Waals surface area contributed by atoms with E-state index in [1.165, 1.54) is 13.2 Å². The molecule has 0 amide bonds. The molecule has 0 bridgehead atoms. The number of aromatic carboxylic acids is 1. The molecule has 0 saturated carbocycles. The number of ether oxygens (including phenoxy) is 1. The van der Waals surface area contributed by atoms with E-state index in [9.17, 15) is 14.7 Å². The van der Waals surface area contributed by atoms with Crippen LogP contribution in [0.1, 0.15) is 20.7 Å². The summed E-state index contributed by atoms with van der Waals surface area (Å²) >= 11 is 0. The van der Waals surface area contributed by atoms with Crippen LogP contribution < -0.4 is 0 Å². The lowest BCUT2D eigenvalue weighted by atomic mass is 9.94. The van der Waals surface area contributed by atoms with Crippen LogP contribution >= 0.6 is 0 Å². The first kappa shape index (κ1) is 13.1. The minimum atomic E-state index is -1.14. The van der Waals surface area contributed by atoms with Crippen LogP contribution in [0.4, 0.5) is 0 Å². The summed E-state index contributed by atoms with van der Waals surface area (Å²) in [6.07, 6.45) is 0. The van der Waals surface area contributed by atoms with Gasteiger partial charge in [-0.25, -0.2) is 9.59 Å². The molecule has 0 aliphatic rings. The fraction of sp³-hybridized carbons (Fsp3) is 0.0588. The Balaban J connectivity index is 2.54. The van der Waals surface area contributed by atoms with Gasteiger partial charge in [0, 0.05) is 5.39 Å². The van der Waals surface area contributed by atoms with E-state index >= 15 is 0 Å². The molecule has 0 aliphatic heterocycles. The van der Waals surface area contributed by atoms with Crippen molar-refractivity contribution in [2.75, 3.05) is 7.11 Å². The van der Waals surface area contributed by atoms with Crippen LogP contribution in [0.25, 0.3) is 21.5 Å². The van der Waals surface area contributed by atoms with Gasteiger partial charge in [0.05, 0.1) is 18.2 Å². The number of hydrogen-bond acceptors (Lipinski definition) is 3. The number of rotatable bonds is 2. The highest BCUT2D eigenvalue weighted by Gasteiger charge is 2.21. The van der Waals surface area contributed by atoms with Gasteiger partial charge in [0.15, 0.2) is 0 Å². The van der Waals surface area contributed by atoms with Crippen molar-refractivity contribution in [1.82, 2.24) is 0 Å². The molecule has 0 radical (unpaired) electrons. The topological polar surface area (TPSA) is 63.6 Å². The Morgan fingerprint density at radius 1 is 0.952 bits per heavy atom. The Hall–Kier alpha value is -2.88. The van der Waals surface area contributed by atoms with Crippen LogP contribution in [0.2, 0.25) is 0 Å². The van der Waals surface area contributed by atoms with Crippen molar-refractivity contribution in [3.63, 3.8) is 0 Å². The summed E-state index contributed by atoms with van der Waals surface area (Å²) < 4.78 is 4.69. The third-order valence-corrected chi connectivity index (χ3v) is 3.53. The Labute approximate surface area is 120 Å². The fourth-order valence-corrected chi connectivity index (χ4v) is 2.60. The van der Waals surface area contributed by atoms with E-state index in [1.807, 2.05) is 36.4 Å². The Morgan fingerprint density at radius 2 is 1.62 bits per heavy atom.